The van der Waals surface area contributed by atoms with Gasteiger partial charge in [0, 0.05) is 17.3 Å². The van der Waals surface area contributed by atoms with Crippen molar-refractivity contribution >= 4 is 10.9 Å². The Kier molecular flexibility index (Phi) is 1.40. The predicted octanol–water partition coefficient (Wildman–Crippen LogP) is 0.627. The second-order valence-electron chi connectivity index (χ2n) is 2.60. The molecule has 0 aromatic carbocycles. The van der Waals surface area contributed by atoms with Gasteiger partial charge in [0.25, 0.3) is 0 Å². The minimum atomic E-state index is -0.340. The van der Waals surface area contributed by atoms with Crippen LogP contribution in [0.25, 0.3) is 10.9 Å². The lowest BCUT2D eigenvalue weighted by Gasteiger charge is -1.95. The van der Waals surface area contributed by atoms with Gasteiger partial charge in [-0.2, -0.15) is 0 Å². The van der Waals surface area contributed by atoms with Crippen molar-refractivity contribution in [3.05, 3.63) is 34.6 Å². The molecule has 0 spiro atoms. The average Bonchev–Trinajstić information content (AvgIpc) is 2.05. The number of H-pyrrole nitrogens is 1. The summed E-state index contributed by atoms with van der Waals surface area (Å²) in [6, 6.07) is 1.87. The first-order valence-electron chi connectivity index (χ1n) is 3.57. The van der Waals surface area contributed by atoms with Crippen LogP contribution < -0.4 is 5.69 Å². The standard InChI is InChI=1S/C8H7N3O/c1-5-2-6-3-10-8(12)11-7(6)4-9-5/h2-4H,1H3,(H,10,11,12). The molecule has 1 N–H and O–H groups in total. The normalized spacial score (nSPS) is 10.4. The van der Waals surface area contributed by atoms with Crippen LogP contribution in [-0.4, -0.2) is 15.0 Å². The van der Waals surface area contributed by atoms with E-state index in [1.54, 1.807) is 12.4 Å². The van der Waals surface area contributed by atoms with E-state index in [9.17, 15) is 4.79 Å². The molecule has 0 unspecified atom stereocenters. The zero-order valence-corrected chi connectivity index (χ0v) is 6.53. The molecular weight excluding hydrogens is 154 g/mol. The lowest BCUT2D eigenvalue weighted by Crippen LogP contribution is -2.08. The number of fused-ring (bicyclic) bond motifs is 1. The van der Waals surface area contributed by atoms with E-state index in [0.717, 1.165) is 16.6 Å². The third-order valence-corrected chi connectivity index (χ3v) is 1.64. The van der Waals surface area contributed by atoms with Crippen molar-refractivity contribution in [2.45, 2.75) is 6.92 Å². The summed E-state index contributed by atoms with van der Waals surface area (Å²) in [5.74, 6) is 0. The molecule has 60 valence electrons. The molecule has 2 aromatic heterocycles. The molecule has 4 heteroatoms. The van der Waals surface area contributed by atoms with Crippen LogP contribution in [0.2, 0.25) is 0 Å². The highest BCUT2D eigenvalue weighted by Crippen LogP contribution is 2.06. The molecule has 2 heterocycles. The van der Waals surface area contributed by atoms with E-state index >= 15 is 0 Å². The number of nitrogens with one attached hydrogen (secondary N) is 1. The highest BCUT2D eigenvalue weighted by Gasteiger charge is 1.94. The number of hydrogen-bond donors (Lipinski definition) is 1. The molecule has 0 aliphatic carbocycles. The fraction of sp³-hybridized carbons (Fsp3) is 0.125. The highest BCUT2D eigenvalue weighted by atomic mass is 16.1. The summed E-state index contributed by atoms with van der Waals surface area (Å²) in [5.41, 5.74) is 1.30. The van der Waals surface area contributed by atoms with Crippen LogP contribution >= 0.6 is 0 Å². The number of aromatic amines is 1. The molecule has 0 atom stereocenters. The smallest absolute Gasteiger partial charge is 0.304 e. The summed E-state index contributed by atoms with van der Waals surface area (Å²) in [6.45, 7) is 1.89. The molecule has 0 bridgehead atoms. The summed E-state index contributed by atoms with van der Waals surface area (Å²) in [7, 11) is 0. The molecule has 4 nitrogen and oxygen atoms in total. The molecule has 12 heavy (non-hydrogen) atoms. The van der Waals surface area contributed by atoms with Gasteiger partial charge in [0.05, 0.1) is 11.7 Å². The maximum atomic E-state index is 10.8. The number of pyridine rings is 1. The van der Waals surface area contributed by atoms with Gasteiger partial charge in [-0.15, -0.1) is 0 Å². The SMILES string of the molecule is Cc1cc2cnc(=O)[nH]c2cn1. The van der Waals surface area contributed by atoms with E-state index in [1.165, 1.54) is 0 Å². The zero-order chi connectivity index (χ0) is 8.55. The van der Waals surface area contributed by atoms with Crippen LogP contribution in [0.3, 0.4) is 0 Å². The fourth-order valence-electron chi connectivity index (χ4n) is 1.07. The van der Waals surface area contributed by atoms with Gasteiger partial charge in [0.1, 0.15) is 0 Å². The van der Waals surface area contributed by atoms with Gasteiger partial charge >= 0.3 is 5.69 Å². The van der Waals surface area contributed by atoms with E-state index in [1.807, 2.05) is 13.0 Å². The topological polar surface area (TPSA) is 58.6 Å². The minimum absolute atomic E-state index is 0.340. The summed E-state index contributed by atoms with van der Waals surface area (Å²) < 4.78 is 0. The molecule has 0 saturated heterocycles. The van der Waals surface area contributed by atoms with Gasteiger partial charge < -0.3 is 4.98 Å². The largest absolute Gasteiger partial charge is 0.345 e. The van der Waals surface area contributed by atoms with Gasteiger partial charge in [-0.3, -0.25) is 4.98 Å². The molecule has 0 aliphatic rings. The maximum Gasteiger partial charge on any atom is 0.345 e. The van der Waals surface area contributed by atoms with Gasteiger partial charge in [-0.1, -0.05) is 0 Å². The number of nitrogens with zero attached hydrogens (tertiary/aromatic N) is 2. The number of hydrogen-bond acceptors (Lipinski definition) is 3. The summed E-state index contributed by atoms with van der Waals surface area (Å²) in [5, 5.41) is 0.905. The van der Waals surface area contributed by atoms with E-state index in [2.05, 4.69) is 15.0 Å². The van der Waals surface area contributed by atoms with E-state index in [-0.39, 0.29) is 5.69 Å². The van der Waals surface area contributed by atoms with Crippen molar-refractivity contribution < 1.29 is 0 Å². The van der Waals surface area contributed by atoms with Gasteiger partial charge in [-0.05, 0) is 13.0 Å². The molecular formula is C8H7N3O. The van der Waals surface area contributed by atoms with Crippen molar-refractivity contribution in [1.29, 1.82) is 0 Å². The van der Waals surface area contributed by atoms with Crippen molar-refractivity contribution in [2.24, 2.45) is 0 Å². The molecule has 0 saturated carbocycles. The summed E-state index contributed by atoms with van der Waals surface area (Å²) in [4.78, 5) is 21.0. The Morgan fingerprint density at radius 1 is 1.33 bits per heavy atom. The fourth-order valence-corrected chi connectivity index (χ4v) is 1.07. The van der Waals surface area contributed by atoms with Crippen LogP contribution in [-0.2, 0) is 0 Å². The molecule has 0 radical (unpaired) electrons. The number of rotatable bonds is 0. The number of aromatic nitrogens is 3. The first kappa shape index (κ1) is 6.97. The van der Waals surface area contributed by atoms with Crippen molar-refractivity contribution in [1.82, 2.24) is 15.0 Å². The Morgan fingerprint density at radius 2 is 2.17 bits per heavy atom. The third kappa shape index (κ3) is 1.07. The lowest BCUT2D eigenvalue weighted by atomic mass is 10.3. The average molecular weight is 161 g/mol. The van der Waals surface area contributed by atoms with E-state index in [0.29, 0.717) is 0 Å². The Bertz CT molecular complexity index is 475. The van der Waals surface area contributed by atoms with Crippen LogP contribution in [0.5, 0.6) is 0 Å². The first-order chi connectivity index (χ1) is 5.75. The van der Waals surface area contributed by atoms with Gasteiger partial charge in [0.2, 0.25) is 0 Å². The zero-order valence-electron chi connectivity index (χ0n) is 6.53. The Hall–Kier alpha value is -1.71. The Balaban J connectivity index is 2.87. The quantitative estimate of drug-likeness (QED) is 0.616. The molecule has 2 rings (SSSR count). The van der Waals surface area contributed by atoms with Crippen molar-refractivity contribution in [3.63, 3.8) is 0 Å². The second-order valence-corrected chi connectivity index (χ2v) is 2.60. The molecule has 0 aliphatic heterocycles. The van der Waals surface area contributed by atoms with Crippen molar-refractivity contribution in [3.8, 4) is 0 Å². The third-order valence-electron chi connectivity index (χ3n) is 1.64. The highest BCUT2D eigenvalue weighted by molar-refractivity contribution is 5.76. The van der Waals surface area contributed by atoms with Crippen LogP contribution in [0.4, 0.5) is 0 Å². The summed E-state index contributed by atoms with van der Waals surface area (Å²) >= 11 is 0. The molecule has 0 fully saturated rings. The predicted molar refractivity (Wildman–Crippen MR) is 44.9 cm³/mol. The second kappa shape index (κ2) is 2.41. The Labute approximate surface area is 68.3 Å². The molecule has 0 amide bonds. The van der Waals surface area contributed by atoms with Crippen LogP contribution in [0.15, 0.2) is 23.3 Å². The summed E-state index contributed by atoms with van der Waals surface area (Å²) in [6.07, 6.45) is 3.18. The Morgan fingerprint density at radius 3 is 3.00 bits per heavy atom. The minimum Gasteiger partial charge on any atom is -0.304 e. The van der Waals surface area contributed by atoms with Crippen molar-refractivity contribution in [2.75, 3.05) is 0 Å². The number of aryl methyl sites for hydroxylation is 1. The monoisotopic (exact) mass is 161 g/mol. The van der Waals surface area contributed by atoms with Crippen LogP contribution in [0.1, 0.15) is 5.69 Å². The van der Waals surface area contributed by atoms with E-state index in [4.69, 9.17) is 0 Å². The maximum absolute atomic E-state index is 10.8. The lowest BCUT2D eigenvalue weighted by molar-refractivity contribution is 1.10. The first-order valence-corrected chi connectivity index (χ1v) is 3.57. The van der Waals surface area contributed by atoms with E-state index < -0.39 is 0 Å². The van der Waals surface area contributed by atoms with Gasteiger partial charge in [-0.25, -0.2) is 9.78 Å². The van der Waals surface area contributed by atoms with Gasteiger partial charge in [0.15, 0.2) is 0 Å². The van der Waals surface area contributed by atoms with Crippen LogP contribution in [0, 0.1) is 6.92 Å². The molecule has 2 aromatic rings.